The van der Waals surface area contributed by atoms with Gasteiger partial charge in [0.25, 0.3) is 0 Å². The molecule has 10 nitrogen and oxygen atoms in total. The largest absolute Gasteiger partial charge is 0.497 e. The Labute approximate surface area is 227 Å². The van der Waals surface area contributed by atoms with E-state index in [0.717, 1.165) is 59.4 Å². The summed E-state index contributed by atoms with van der Waals surface area (Å²) in [6.07, 6.45) is 0.875. The molecule has 1 heterocycles. The molecule has 1 aliphatic heterocycles. The Morgan fingerprint density at radius 3 is 2.26 bits per heavy atom. The van der Waals surface area contributed by atoms with E-state index in [9.17, 15) is 0 Å². The molecule has 0 spiro atoms. The predicted octanol–water partition coefficient (Wildman–Crippen LogP) is 4.23. The number of ether oxygens (including phenoxy) is 5. The lowest BCUT2D eigenvalue weighted by molar-refractivity contribution is -0.159. The van der Waals surface area contributed by atoms with Crippen molar-refractivity contribution in [3.63, 3.8) is 0 Å². The summed E-state index contributed by atoms with van der Waals surface area (Å²) in [5.74, 6) is 0.562. The van der Waals surface area contributed by atoms with Gasteiger partial charge in [-0.2, -0.15) is 0 Å². The maximum atomic E-state index is 9.10. The highest BCUT2D eigenvalue weighted by Gasteiger charge is 2.17. The van der Waals surface area contributed by atoms with Gasteiger partial charge in [-0.25, -0.2) is 9.59 Å². The third-order valence-corrected chi connectivity index (χ3v) is 5.88. The zero-order chi connectivity index (χ0) is 28.2. The molecule has 0 bridgehead atoms. The van der Waals surface area contributed by atoms with Crippen LogP contribution < -0.4 is 23.7 Å². The van der Waals surface area contributed by atoms with Gasteiger partial charge in [0, 0.05) is 30.8 Å². The number of fused-ring (bicyclic) bond motifs is 1. The first-order valence-corrected chi connectivity index (χ1v) is 12.3. The SMILES string of the molecule is CCOc1ccccc1CN(CCc1ccc2c(c1)OCO2)Cc1cc(OC)ccc1OC.O=C(O)C(=O)O. The van der Waals surface area contributed by atoms with Gasteiger partial charge in [-0.1, -0.05) is 24.3 Å². The Balaban J connectivity index is 0.000000631. The first-order chi connectivity index (χ1) is 18.8. The lowest BCUT2D eigenvalue weighted by Gasteiger charge is -2.25. The van der Waals surface area contributed by atoms with E-state index in [1.54, 1.807) is 14.2 Å². The average Bonchev–Trinajstić information content (AvgIpc) is 3.41. The second-order valence-corrected chi connectivity index (χ2v) is 8.48. The number of para-hydroxylation sites is 1. The molecule has 0 aromatic heterocycles. The van der Waals surface area contributed by atoms with Gasteiger partial charge in [-0.05, 0) is 55.3 Å². The monoisotopic (exact) mass is 539 g/mol. The van der Waals surface area contributed by atoms with Crippen LogP contribution in [0.1, 0.15) is 23.6 Å². The molecule has 3 aromatic rings. The van der Waals surface area contributed by atoms with Crippen molar-refractivity contribution >= 4 is 11.9 Å². The molecule has 39 heavy (non-hydrogen) atoms. The summed E-state index contributed by atoms with van der Waals surface area (Å²) >= 11 is 0. The average molecular weight is 540 g/mol. The summed E-state index contributed by atoms with van der Waals surface area (Å²) in [6, 6.07) is 20.3. The molecule has 0 aliphatic carbocycles. The lowest BCUT2D eigenvalue weighted by Crippen LogP contribution is -2.26. The van der Waals surface area contributed by atoms with Crippen LogP contribution in [0.5, 0.6) is 28.7 Å². The molecule has 10 heteroatoms. The summed E-state index contributed by atoms with van der Waals surface area (Å²) in [7, 11) is 3.38. The predicted molar refractivity (Wildman–Crippen MR) is 143 cm³/mol. The minimum atomic E-state index is -1.82. The number of methoxy groups -OCH3 is 2. The number of aliphatic carboxylic acids is 2. The van der Waals surface area contributed by atoms with Crippen LogP contribution in [0, 0.1) is 0 Å². The van der Waals surface area contributed by atoms with Crippen LogP contribution in [0.15, 0.2) is 60.7 Å². The van der Waals surface area contributed by atoms with E-state index in [4.69, 9.17) is 43.5 Å². The highest BCUT2D eigenvalue weighted by molar-refractivity contribution is 6.27. The van der Waals surface area contributed by atoms with Crippen LogP contribution in [0.3, 0.4) is 0 Å². The van der Waals surface area contributed by atoms with Crippen molar-refractivity contribution < 1.29 is 43.5 Å². The van der Waals surface area contributed by atoms with Crippen LogP contribution >= 0.6 is 0 Å². The number of carboxylic acid groups (broad SMARTS) is 2. The quantitative estimate of drug-likeness (QED) is 0.342. The number of hydrogen-bond donors (Lipinski definition) is 2. The van der Waals surface area contributed by atoms with E-state index in [1.165, 1.54) is 5.56 Å². The highest BCUT2D eigenvalue weighted by Crippen LogP contribution is 2.33. The van der Waals surface area contributed by atoms with Crippen LogP contribution in [0.4, 0.5) is 0 Å². The molecular weight excluding hydrogens is 506 g/mol. The van der Waals surface area contributed by atoms with Crippen LogP contribution in [0.2, 0.25) is 0 Å². The smallest absolute Gasteiger partial charge is 0.414 e. The molecule has 208 valence electrons. The second kappa shape index (κ2) is 14.5. The molecule has 0 saturated heterocycles. The lowest BCUT2D eigenvalue weighted by atomic mass is 10.1. The van der Waals surface area contributed by atoms with E-state index in [-0.39, 0.29) is 6.79 Å². The van der Waals surface area contributed by atoms with Crippen LogP contribution in [-0.2, 0) is 29.1 Å². The number of nitrogens with zero attached hydrogens (tertiary/aromatic N) is 1. The number of benzene rings is 3. The van der Waals surface area contributed by atoms with Gasteiger partial charge >= 0.3 is 11.9 Å². The number of carboxylic acids is 2. The first kappa shape index (κ1) is 29.1. The summed E-state index contributed by atoms with van der Waals surface area (Å²) < 4.78 is 28.0. The van der Waals surface area contributed by atoms with Crippen molar-refractivity contribution in [2.24, 2.45) is 0 Å². The van der Waals surface area contributed by atoms with Crippen molar-refractivity contribution in [1.82, 2.24) is 4.90 Å². The van der Waals surface area contributed by atoms with Crippen molar-refractivity contribution in [3.8, 4) is 28.7 Å². The van der Waals surface area contributed by atoms with Gasteiger partial charge in [-0.15, -0.1) is 0 Å². The molecule has 0 radical (unpaired) electrons. The summed E-state index contributed by atoms with van der Waals surface area (Å²) in [4.78, 5) is 20.6. The fraction of sp³-hybridized carbons (Fsp3) is 0.310. The van der Waals surface area contributed by atoms with Gasteiger partial charge in [0.15, 0.2) is 11.5 Å². The van der Waals surface area contributed by atoms with E-state index in [2.05, 4.69) is 29.2 Å². The van der Waals surface area contributed by atoms with Crippen molar-refractivity contribution in [2.45, 2.75) is 26.4 Å². The van der Waals surface area contributed by atoms with E-state index in [0.29, 0.717) is 13.2 Å². The van der Waals surface area contributed by atoms with Crippen LogP contribution in [0.25, 0.3) is 0 Å². The maximum Gasteiger partial charge on any atom is 0.414 e. The van der Waals surface area contributed by atoms with Crippen LogP contribution in [-0.4, -0.2) is 61.2 Å². The van der Waals surface area contributed by atoms with E-state index in [1.807, 2.05) is 43.3 Å². The zero-order valence-corrected chi connectivity index (χ0v) is 22.2. The van der Waals surface area contributed by atoms with Gasteiger partial charge in [0.05, 0.1) is 20.8 Å². The van der Waals surface area contributed by atoms with Gasteiger partial charge in [0.2, 0.25) is 6.79 Å². The summed E-state index contributed by atoms with van der Waals surface area (Å²) in [5, 5.41) is 14.8. The molecule has 3 aromatic carbocycles. The Bertz CT molecular complexity index is 1250. The molecule has 0 atom stereocenters. The topological polar surface area (TPSA) is 124 Å². The van der Waals surface area contributed by atoms with Gasteiger partial charge in [-0.3, -0.25) is 4.90 Å². The molecule has 0 unspecified atom stereocenters. The van der Waals surface area contributed by atoms with E-state index >= 15 is 0 Å². The standard InChI is InChI=1S/C27H31NO5.C2H2O4/c1-4-31-25-8-6-5-7-21(25)17-28(18-22-16-23(29-2)10-12-24(22)30-3)14-13-20-9-11-26-27(15-20)33-19-32-26;3-1(4)2(5)6/h5-12,15-16H,4,13-14,17-19H2,1-3H3;(H,3,4)(H,5,6). The normalized spacial score (nSPS) is 11.4. The second-order valence-electron chi connectivity index (χ2n) is 8.48. The number of hydrogen-bond acceptors (Lipinski definition) is 8. The Kier molecular flexibility index (Phi) is 10.8. The molecule has 4 rings (SSSR count). The Morgan fingerprint density at radius 2 is 1.56 bits per heavy atom. The Hall–Kier alpha value is -4.44. The molecular formula is C29H33NO9. The van der Waals surface area contributed by atoms with Crippen molar-refractivity contribution in [3.05, 3.63) is 77.4 Å². The Morgan fingerprint density at radius 1 is 0.846 bits per heavy atom. The highest BCUT2D eigenvalue weighted by atomic mass is 16.7. The minimum absolute atomic E-state index is 0.286. The maximum absolute atomic E-state index is 9.10. The number of carbonyl (C=O) groups is 2. The number of rotatable bonds is 11. The van der Waals surface area contributed by atoms with Gasteiger partial charge in [0.1, 0.15) is 17.2 Å². The third kappa shape index (κ3) is 8.54. The zero-order valence-electron chi connectivity index (χ0n) is 22.2. The molecule has 0 amide bonds. The fourth-order valence-electron chi connectivity index (χ4n) is 4.02. The first-order valence-electron chi connectivity index (χ1n) is 12.3. The van der Waals surface area contributed by atoms with Gasteiger partial charge < -0.3 is 33.9 Å². The fourth-order valence-corrected chi connectivity index (χ4v) is 4.02. The minimum Gasteiger partial charge on any atom is -0.497 e. The van der Waals surface area contributed by atoms with Crippen molar-refractivity contribution in [2.75, 3.05) is 34.2 Å². The molecule has 0 saturated carbocycles. The van der Waals surface area contributed by atoms with Crippen molar-refractivity contribution in [1.29, 1.82) is 0 Å². The molecule has 2 N–H and O–H groups in total. The summed E-state index contributed by atoms with van der Waals surface area (Å²) in [6.45, 7) is 5.24. The molecule has 0 fully saturated rings. The molecule has 1 aliphatic rings. The summed E-state index contributed by atoms with van der Waals surface area (Å²) in [5.41, 5.74) is 3.45. The van der Waals surface area contributed by atoms with E-state index < -0.39 is 11.9 Å². The third-order valence-electron chi connectivity index (χ3n) is 5.88.